The molecule has 9 nitrogen and oxygen atoms in total. The fraction of sp³-hybridized carbons (Fsp3) is 0.733. The van der Waals surface area contributed by atoms with Crippen molar-refractivity contribution in [1.82, 2.24) is 4.90 Å². The zero-order chi connectivity index (χ0) is 18.7. The molecule has 0 radical (unpaired) electrons. The lowest BCUT2D eigenvalue weighted by Gasteiger charge is -2.41. The maximum Gasteiger partial charge on any atom is 0.303 e. The van der Waals surface area contributed by atoms with Crippen molar-refractivity contribution in [3.8, 4) is 0 Å². The van der Waals surface area contributed by atoms with Crippen LogP contribution < -0.4 is 0 Å². The molecule has 0 saturated carbocycles. The smallest absolute Gasteiger partial charge is 0.303 e. The van der Waals surface area contributed by atoms with Gasteiger partial charge in [-0.05, 0) is 0 Å². The lowest BCUT2D eigenvalue weighted by molar-refractivity contribution is -0.208. The number of thioether (sulfide) groups is 1. The van der Waals surface area contributed by atoms with Crippen molar-refractivity contribution in [2.24, 2.45) is 4.99 Å². The van der Waals surface area contributed by atoms with Gasteiger partial charge in [0.1, 0.15) is 24.2 Å². The predicted octanol–water partition coefficient (Wildman–Crippen LogP) is 0.171. The van der Waals surface area contributed by atoms with Gasteiger partial charge in [0.2, 0.25) is 0 Å². The van der Waals surface area contributed by atoms with Gasteiger partial charge < -0.3 is 23.8 Å². The summed E-state index contributed by atoms with van der Waals surface area (Å²) in [4.78, 5) is 40.6. The number of carbonyl (C=O) groups excluding carboxylic acids is 3. The number of hydrogen-bond donors (Lipinski definition) is 0. The number of nitrogens with zero attached hydrogens (tertiary/aromatic N) is 2. The van der Waals surface area contributed by atoms with Crippen LogP contribution in [0.25, 0.3) is 0 Å². The molecule has 0 aromatic heterocycles. The van der Waals surface area contributed by atoms with E-state index in [-0.39, 0.29) is 6.61 Å². The summed E-state index contributed by atoms with van der Waals surface area (Å²) in [5.74, 6) is -1.56. The highest BCUT2D eigenvalue weighted by molar-refractivity contribution is 8.14. The number of rotatable bonds is 4. The van der Waals surface area contributed by atoms with Crippen LogP contribution in [0.4, 0.5) is 0 Å². The average molecular weight is 374 g/mol. The zero-order valence-corrected chi connectivity index (χ0v) is 15.6. The Morgan fingerprint density at radius 1 is 1.08 bits per heavy atom. The summed E-state index contributed by atoms with van der Waals surface area (Å²) in [7, 11) is 3.67. The van der Waals surface area contributed by atoms with Crippen molar-refractivity contribution in [2.75, 3.05) is 20.7 Å². The molecule has 0 aromatic carbocycles. The quantitative estimate of drug-likeness (QED) is 0.503. The third-order valence-corrected chi connectivity index (χ3v) is 4.84. The maximum absolute atomic E-state index is 11.6. The Bertz CT molecular complexity index is 580. The second-order valence-corrected chi connectivity index (χ2v) is 6.97. The molecule has 0 spiro atoms. The van der Waals surface area contributed by atoms with Crippen LogP contribution in [0.15, 0.2) is 4.99 Å². The summed E-state index contributed by atoms with van der Waals surface area (Å²) < 4.78 is 21.7. The lowest BCUT2D eigenvalue weighted by atomic mass is 9.98. The summed E-state index contributed by atoms with van der Waals surface area (Å²) in [5.41, 5.74) is -0.436. The number of amidine groups is 1. The van der Waals surface area contributed by atoms with Gasteiger partial charge in [-0.2, -0.15) is 0 Å². The topological polar surface area (TPSA) is 104 Å². The van der Waals surface area contributed by atoms with Crippen molar-refractivity contribution in [1.29, 1.82) is 0 Å². The van der Waals surface area contributed by atoms with Crippen molar-refractivity contribution < 1.29 is 33.3 Å². The van der Waals surface area contributed by atoms with Gasteiger partial charge in [0.05, 0.1) is 0 Å². The Morgan fingerprint density at radius 3 is 2.20 bits per heavy atom. The van der Waals surface area contributed by atoms with Crippen LogP contribution in [0.2, 0.25) is 0 Å². The van der Waals surface area contributed by atoms with E-state index in [1.165, 1.54) is 32.5 Å². The van der Waals surface area contributed by atoms with E-state index in [0.29, 0.717) is 5.17 Å². The third kappa shape index (κ3) is 4.85. The zero-order valence-electron chi connectivity index (χ0n) is 14.8. The van der Waals surface area contributed by atoms with Gasteiger partial charge in [-0.25, -0.2) is 0 Å². The molecule has 0 unspecified atom stereocenters. The first-order valence-electron chi connectivity index (χ1n) is 7.74. The van der Waals surface area contributed by atoms with Gasteiger partial charge >= 0.3 is 17.9 Å². The van der Waals surface area contributed by atoms with Gasteiger partial charge in [0.15, 0.2) is 17.4 Å². The SMILES string of the molecule is CC(=O)OC[C@H]1O[C@@H]2SC(N(C)C)=N[C@@H]2[C@@H](OC(C)=O)[C@@H]1OC(C)=O. The molecule has 1 fully saturated rings. The van der Waals surface area contributed by atoms with Crippen LogP contribution >= 0.6 is 11.8 Å². The second-order valence-electron chi connectivity index (χ2n) is 5.91. The highest BCUT2D eigenvalue weighted by Crippen LogP contribution is 2.39. The molecule has 1 saturated heterocycles. The molecular weight excluding hydrogens is 352 g/mol. The van der Waals surface area contributed by atoms with Gasteiger partial charge in [0, 0.05) is 34.9 Å². The minimum absolute atomic E-state index is 0.119. The predicted molar refractivity (Wildman–Crippen MR) is 88.9 cm³/mol. The Labute approximate surface area is 150 Å². The number of carbonyl (C=O) groups is 3. The number of ether oxygens (including phenoxy) is 4. The number of fused-ring (bicyclic) bond motifs is 1. The fourth-order valence-corrected chi connectivity index (χ4v) is 3.76. The van der Waals surface area contributed by atoms with Gasteiger partial charge in [-0.3, -0.25) is 19.4 Å². The van der Waals surface area contributed by atoms with Gasteiger partial charge in [-0.15, -0.1) is 0 Å². The molecule has 0 bridgehead atoms. The lowest BCUT2D eigenvalue weighted by Crippen LogP contribution is -2.59. The maximum atomic E-state index is 11.6. The Kier molecular flexibility index (Phi) is 6.28. The summed E-state index contributed by atoms with van der Waals surface area (Å²) in [6.07, 6.45) is -2.51. The third-order valence-electron chi connectivity index (χ3n) is 3.53. The van der Waals surface area contributed by atoms with Crippen LogP contribution in [0.5, 0.6) is 0 Å². The minimum atomic E-state index is -0.923. The molecule has 2 aliphatic rings. The number of hydrogen-bond acceptors (Lipinski definition) is 10. The first kappa shape index (κ1) is 19.5. The van der Waals surface area contributed by atoms with E-state index in [4.69, 9.17) is 18.9 Å². The van der Waals surface area contributed by atoms with Crippen LogP contribution in [0.3, 0.4) is 0 Å². The molecule has 0 N–H and O–H groups in total. The van der Waals surface area contributed by atoms with Crippen molar-refractivity contribution in [3.05, 3.63) is 0 Å². The fourth-order valence-electron chi connectivity index (χ4n) is 2.60. The summed E-state index contributed by atoms with van der Waals surface area (Å²) in [6.45, 7) is 3.67. The molecule has 2 aliphatic heterocycles. The molecule has 0 aromatic rings. The Morgan fingerprint density at radius 2 is 1.68 bits per heavy atom. The van der Waals surface area contributed by atoms with Gasteiger partial charge in [0.25, 0.3) is 0 Å². The largest absolute Gasteiger partial charge is 0.463 e. The number of aliphatic imine (C=N–C) groups is 1. The standard InChI is InChI=1S/C15H22N2O7S/c1-7(18)21-6-10-12(22-8(2)19)13(23-9(3)20)11-14(24-10)25-15(16-11)17(4)5/h10-14H,6H2,1-5H3/t10-,11-,12-,13-,14-/m1/s1. The van der Waals surface area contributed by atoms with Crippen LogP contribution in [-0.2, 0) is 33.3 Å². The number of esters is 3. The molecule has 10 heteroatoms. The van der Waals surface area contributed by atoms with E-state index >= 15 is 0 Å². The Balaban J connectivity index is 2.30. The average Bonchev–Trinajstić information content (AvgIpc) is 2.91. The van der Waals surface area contributed by atoms with Crippen molar-refractivity contribution in [2.45, 2.75) is 50.6 Å². The molecular formula is C15H22N2O7S. The monoisotopic (exact) mass is 374 g/mol. The van der Waals surface area contributed by atoms with E-state index < -0.39 is 47.7 Å². The van der Waals surface area contributed by atoms with E-state index in [0.717, 1.165) is 0 Å². The highest BCUT2D eigenvalue weighted by Gasteiger charge is 2.53. The van der Waals surface area contributed by atoms with E-state index in [2.05, 4.69) is 4.99 Å². The second kappa shape index (κ2) is 8.05. The summed E-state index contributed by atoms with van der Waals surface area (Å²) in [5, 5.41) is 0.710. The molecule has 140 valence electrons. The van der Waals surface area contributed by atoms with Crippen LogP contribution in [0, 0.1) is 0 Å². The molecule has 0 aliphatic carbocycles. The van der Waals surface area contributed by atoms with E-state index in [1.54, 1.807) is 0 Å². The first-order chi connectivity index (χ1) is 11.7. The summed E-state index contributed by atoms with van der Waals surface area (Å²) in [6, 6.07) is -0.524. The van der Waals surface area contributed by atoms with E-state index in [1.807, 2.05) is 19.0 Å². The highest BCUT2D eigenvalue weighted by atomic mass is 32.2. The van der Waals surface area contributed by atoms with Crippen molar-refractivity contribution in [3.63, 3.8) is 0 Å². The molecule has 25 heavy (non-hydrogen) atoms. The summed E-state index contributed by atoms with van der Waals surface area (Å²) >= 11 is 1.37. The first-order valence-corrected chi connectivity index (χ1v) is 8.62. The van der Waals surface area contributed by atoms with E-state index in [9.17, 15) is 14.4 Å². The molecule has 0 amide bonds. The molecule has 5 atom stereocenters. The van der Waals surface area contributed by atoms with Crippen molar-refractivity contribution >= 4 is 34.8 Å². The molecule has 2 rings (SSSR count). The normalized spacial score (nSPS) is 30.8. The Hall–Kier alpha value is -1.81. The van der Waals surface area contributed by atoms with Crippen LogP contribution in [-0.4, -0.2) is 78.5 Å². The van der Waals surface area contributed by atoms with Gasteiger partial charge in [-0.1, -0.05) is 11.8 Å². The minimum Gasteiger partial charge on any atom is -0.463 e. The molecule has 2 heterocycles. The van der Waals surface area contributed by atoms with Crippen LogP contribution in [0.1, 0.15) is 20.8 Å².